The van der Waals surface area contributed by atoms with Gasteiger partial charge in [0.2, 0.25) is 0 Å². The van der Waals surface area contributed by atoms with Crippen molar-refractivity contribution in [3.05, 3.63) is 23.8 Å². The number of hydrogen-bond donors (Lipinski definition) is 2. The summed E-state index contributed by atoms with van der Waals surface area (Å²) in [5, 5.41) is 6.03. The van der Waals surface area contributed by atoms with E-state index in [0.29, 0.717) is 24.1 Å². The summed E-state index contributed by atoms with van der Waals surface area (Å²) in [4.78, 5) is 12.0. The lowest BCUT2D eigenvalue weighted by atomic mass is 10.2. The highest BCUT2D eigenvalue weighted by Gasteiger charge is 2.27. The van der Waals surface area contributed by atoms with Gasteiger partial charge in [-0.05, 0) is 32.9 Å². The number of rotatable bonds is 7. The Morgan fingerprint density at radius 2 is 2.20 bits per heavy atom. The van der Waals surface area contributed by atoms with Gasteiger partial charge in [0.1, 0.15) is 0 Å². The van der Waals surface area contributed by atoms with Crippen molar-refractivity contribution >= 4 is 5.91 Å². The van der Waals surface area contributed by atoms with Crippen molar-refractivity contribution in [2.45, 2.75) is 38.5 Å². The quantitative estimate of drug-likeness (QED) is 0.793. The van der Waals surface area contributed by atoms with Crippen LogP contribution in [-0.2, 0) is 11.3 Å². The Morgan fingerprint density at radius 3 is 2.80 bits per heavy atom. The van der Waals surface area contributed by atoms with Gasteiger partial charge in [-0.1, -0.05) is 12.1 Å². The van der Waals surface area contributed by atoms with Crippen LogP contribution in [0.4, 0.5) is 0 Å². The number of benzene rings is 1. The summed E-state index contributed by atoms with van der Waals surface area (Å²) in [6.45, 7) is 2.41. The van der Waals surface area contributed by atoms with Gasteiger partial charge in [0.15, 0.2) is 17.6 Å². The maximum Gasteiger partial charge on any atom is 0.260 e. The molecule has 0 radical (unpaired) electrons. The summed E-state index contributed by atoms with van der Waals surface area (Å²) in [6.07, 6.45) is 1.60. The molecule has 0 bridgehead atoms. The van der Waals surface area contributed by atoms with Crippen molar-refractivity contribution in [3.8, 4) is 11.5 Å². The first-order valence-corrected chi connectivity index (χ1v) is 6.93. The molecule has 2 N–H and O–H groups in total. The smallest absolute Gasteiger partial charge is 0.260 e. The maximum absolute atomic E-state index is 12.0. The van der Waals surface area contributed by atoms with Crippen molar-refractivity contribution in [3.63, 3.8) is 0 Å². The standard InChI is InChI=1S/C15H22N2O3/c1-10(15(18)17-12-7-8-12)20-14-11(9-16-2)5-4-6-13(14)19-3/h4-6,10,12,16H,7-9H2,1-3H3,(H,17,18). The van der Waals surface area contributed by atoms with Crippen LogP contribution in [0.1, 0.15) is 25.3 Å². The third-order valence-electron chi connectivity index (χ3n) is 3.24. The van der Waals surface area contributed by atoms with E-state index >= 15 is 0 Å². The van der Waals surface area contributed by atoms with Crippen molar-refractivity contribution in [1.82, 2.24) is 10.6 Å². The molecule has 0 saturated heterocycles. The van der Waals surface area contributed by atoms with Crippen LogP contribution in [0.15, 0.2) is 18.2 Å². The van der Waals surface area contributed by atoms with Crippen LogP contribution in [-0.4, -0.2) is 32.2 Å². The number of carbonyl (C=O) groups is 1. The summed E-state index contributed by atoms with van der Waals surface area (Å²) in [5.41, 5.74) is 0.970. The molecule has 1 aromatic carbocycles. The van der Waals surface area contributed by atoms with Gasteiger partial charge in [-0.15, -0.1) is 0 Å². The lowest BCUT2D eigenvalue weighted by Crippen LogP contribution is -2.37. The molecule has 1 atom stereocenters. The SMILES string of the molecule is CNCc1cccc(OC)c1OC(C)C(=O)NC1CC1. The Bertz CT molecular complexity index is 472. The van der Waals surface area contributed by atoms with E-state index in [9.17, 15) is 4.79 Å². The normalized spacial score (nSPS) is 15.6. The highest BCUT2D eigenvalue weighted by atomic mass is 16.5. The number of hydrogen-bond acceptors (Lipinski definition) is 4. The zero-order chi connectivity index (χ0) is 14.5. The lowest BCUT2D eigenvalue weighted by Gasteiger charge is -2.19. The van der Waals surface area contributed by atoms with Gasteiger partial charge in [-0.2, -0.15) is 0 Å². The van der Waals surface area contributed by atoms with Crippen LogP contribution >= 0.6 is 0 Å². The number of para-hydroxylation sites is 1. The molecule has 5 nitrogen and oxygen atoms in total. The van der Waals surface area contributed by atoms with E-state index < -0.39 is 6.10 Å². The molecule has 1 aliphatic rings. The fourth-order valence-electron chi connectivity index (χ4n) is 1.96. The van der Waals surface area contributed by atoms with Crippen LogP contribution in [0.3, 0.4) is 0 Å². The second-order valence-electron chi connectivity index (χ2n) is 5.02. The monoisotopic (exact) mass is 278 g/mol. The maximum atomic E-state index is 12.0. The average molecular weight is 278 g/mol. The van der Waals surface area contributed by atoms with Gasteiger partial charge in [0.05, 0.1) is 7.11 Å². The highest BCUT2D eigenvalue weighted by molar-refractivity contribution is 5.81. The minimum Gasteiger partial charge on any atom is -0.493 e. The van der Waals surface area contributed by atoms with E-state index in [1.807, 2.05) is 25.2 Å². The van der Waals surface area contributed by atoms with Crippen molar-refractivity contribution in [2.24, 2.45) is 0 Å². The third-order valence-corrected chi connectivity index (χ3v) is 3.24. The zero-order valence-corrected chi connectivity index (χ0v) is 12.2. The first kappa shape index (κ1) is 14.7. The van der Waals surface area contributed by atoms with E-state index in [0.717, 1.165) is 18.4 Å². The largest absolute Gasteiger partial charge is 0.493 e. The van der Waals surface area contributed by atoms with E-state index in [2.05, 4.69) is 10.6 Å². The van der Waals surface area contributed by atoms with Gasteiger partial charge in [-0.3, -0.25) is 4.79 Å². The first-order valence-electron chi connectivity index (χ1n) is 6.93. The zero-order valence-electron chi connectivity index (χ0n) is 12.2. The molecule has 20 heavy (non-hydrogen) atoms. The summed E-state index contributed by atoms with van der Waals surface area (Å²) >= 11 is 0. The summed E-state index contributed by atoms with van der Waals surface area (Å²) in [7, 11) is 3.47. The molecule has 0 heterocycles. The Balaban J connectivity index is 2.10. The van der Waals surface area contributed by atoms with Crippen LogP contribution in [0.5, 0.6) is 11.5 Å². The lowest BCUT2D eigenvalue weighted by molar-refractivity contribution is -0.127. The van der Waals surface area contributed by atoms with Gasteiger partial charge in [0, 0.05) is 18.2 Å². The molecule has 0 aromatic heterocycles. The van der Waals surface area contributed by atoms with E-state index in [1.165, 1.54) is 0 Å². The summed E-state index contributed by atoms with van der Waals surface area (Å²) in [5.74, 6) is 1.19. The van der Waals surface area contributed by atoms with Crippen LogP contribution in [0, 0.1) is 0 Å². The van der Waals surface area contributed by atoms with Crippen LogP contribution in [0.2, 0.25) is 0 Å². The molecule has 0 aliphatic heterocycles. The van der Waals surface area contributed by atoms with Crippen molar-refractivity contribution in [1.29, 1.82) is 0 Å². The summed E-state index contributed by atoms with van der Waals surface area (Å²) in [6, 6.07) is 6.04. The highest BCUT2D eigenvalue weighted by Crippen LogP contribution is 2.32. The number of carbonyl (C=O) groups excluding carboxylic acids is 1. The molecular weight excluding hydrogens is 256 g/mol. The average Bonchev–Trinajstić information content (AvgIpc) is 3.24. The van der Waals surface area contributed by atoms with Crippen molar-refractivity contribution < 1.29 is 14.3 Å². The molecule has 1 saturated carbocycles. The number of nitrogens with one attached hydrogen (secondary N) is 2. The summed E-state index contributed by atoms with van der Waals surface area (Å²) < 4.78 is 11.2. The molecule has 1 amide bonds. The second kappa shape index (κ2) is 6.61. The topological polar surface area (TPSA) is 59.6 Å². The Hall–Kier alpha value is -1.75. The van der Waals surface area contributed by atoms with Crippen LogP contribution < -0.4 is 20.1 Å². The number of ether oxygens (including phenoxy) is 2. The fourth-order valence-corrected chi connectivity index (χ4v) is 1.96. The number of amides is 1. The van der Waals surface area contributed by atoms with E-state index in [4.69, 9.17) is 9.47 Å². The minimum absolute atomic E-state index is 0.0752. The predicted octanol–water partition coefficient (Wildman–Crippen LogP) is 1.46. The Labute approximate surface area is 119 Å². The Morgan fingerprint density at radius 1 is 1.45 bits per heavy atom. The van der Waals surface area contributed by atoms with Crippen molar-refractivity contribution in [2.75, 3.05) is 14.2 Å². The second-order valence-corrected chi connectivity index (χ2v) is 5.02. The molecule has 0 spiro atoms. The molecule has 1 aromatic rings. The van der Waals surface area contributed by atoms with E-state index in [1.54, 1.807) is 14.0 Å². The van der Waals surface area contributed by atoms with Gasteiger partial charge < -0.3 is 20.1 Å². The van der Waals surface area contributed by atoms with Gasteiger partial charge in [-0.25, -0.2) is 0 Å². The van der Waals surface area contributed by atoms with E-state index in [-0.39, 0.29) is 5.91 Å². The molecular formula is C15H22N2O3. The molecule has 1 aliphatic carbocycles. The minimum atomic E-state index is -0.539. The predicted molar refractivity (Wildman–Crippen MR) is 77.0 cm³/mol. The first-order chi connectivity index (χ1) is 9.65. The van der Waals surface area contributed by atoms with Crippen LogP contribution in [0.25, 0.3) is 0 Å². The molecule has 2 rings (SSSR count). The van der Waals surface area contributed by atoms with Gasteiger partial charge in [0.25, 0.3) is 5.91 Å². The third kappa shape index (κ3) is 3.63. The molecule has 5 heteroatoms. The molecule has 1 unspecified atom stereocenters. The Kier molecular flexibility index (Phi) is 4.84. The molecule has 1 fully saturated rings. The fraction of sp³-hybridized carbons (Fsp3) is 0.533. The number of methoxy groups -OCH3 is 1. The van der Waals surface area contributed by atoms with Gasteiger partial charge >= 0.3 is 0 Å². The molecule has 110 valence electrons.